The van der Waals surface area contributed by atoms with Crippen LogP contribution in [0.1, 0.15) is 49.4 Å². The summed E-state index contributed by atoms with van der Waals surface area (Å²) in [6.45, 7) is 6.33. The van der Waals surface area contributed by atoms with Crippen LogP contribution in [0.4, 0.5) is 5.69 Å². The van der Waals surface area contributed by atoms with E-state index in [9.17, 15) is 18.0 Å². The summed E-state index contributed by atoms with van der Waals surface area (Å²) in [5.74, 6) is -0.312. The van der Waals surface area contributed by atoms with E-state index in [2.05, 4.69) is 6.92 Å². The van der Waals surface area contributed by atoms with Crippen LogP contribution in [0.15, 0.2) is 23.1 Å². The lowest BCUT2D eigenvalue weighted by molar-refractivity contribution is -0.135. The van der Waals surface area contributed by atoms with Gasteiger partial charge in [0.1, 0.15) is 0 Å². The van der Waals surface area contributed by atoms with E-state index < -0.39 is 16.0 Å². The van der Waals surface area contributed by atoms with E-state index in [0.717, 1.165) is 32.1 Å². The Morgan fingerprint density at radius 1 is 1.00 bits per heavy atom. The number of anilines is 1. The Labute approximate surface area is 202 Å². The van der Waals surface area contributed by atoms with Gasteiger partial charge in [0.2, 0.25) is 10.0 Å². The predicted molar refractivity (Wildman–Crippen MR) is 127 cm³/mol. The van der Waals surface area contributed by atoms with Crippen molar-refractivity contribution in [1.29, 1.82) is 0 Å². The number of rotatable bonds is 6. The number of carbonyl (C=O) groups is 2. The summed E-state index contributed by atoms with van der Waals surface area (Å²) in [5, 5.41) is 0. The van der Waals surface area contributed by atoms with Crippen LogP contribution in [-0.4, -0.2) is 88.6 Å². The smallest absolute Gasteiger partial charge is 0.340 e. The van der Waals surface area contributed by atoms with Crippen molar-refractivity contribution in [2.45, 2.75) is 43.9 Å². The van der Waals surface area contributed by atoms with E-state index in [-0.39, 0.29) is 23.0 Å². The van der Waals surface area contributed by atoms with E-state index in [0.29, 0.717) is 64.1 Å². The SMILES string of the molecule is CC1CCN(C(=O)COC(=O)c2cc(S(=O)(=O)N3CCCCC3)ccc2N2CCOCC2)CC1. The van der Waals surface area contributed by atoms with Gasteiger partial charge in [0.25, 0.3) is 5.91 Å². The van der Waals surface area contributed by atoms with Crippen LogP contribution in [-0.2, 0) is 24.3 Å². The average molecular weight is 494 g/mol. The maximum atomic E-state index is 13.2. The summed E-state index contributed by atoms with van der Waals surface area (Å²) in [7, 11) is -3.71. The molecule has 3 heterocycles. The van der Waals surface area contributed by atoms with E-state index in [1.54, 1.807) is 17.0 Å². The predicted octanol–water partition coefficient (Wildman–Crippen LogP) is 2.11. The van der Waals surface area contributed by atoms with Gasteiger partial charge in [0, 0.05) is 39.3 Å². The monoisotopic (exact) mass is 493 g/mol. The molecule has 0 atom stereocenters. The van der Waals surface area contributed by atoms with Crippen LogP contribution in [0.25, 0.3) is 0 Å². The molecule has 3 fully saturated rings. The molecular weight excluding hydrogens is 458 g/mol. The first kappa shape index (κ1) is 24.9. The van der Waals surface area contributed by atoms with Crippen molar-refractivity contribution in [1.82, 2.24) is 9.21 Å². The summed E-state index contributed by atoms with van der Waals surface area (Å²) >= 11 is 0. The highest BCUT2D eigenvalue weighted by Crippen LogP contribution is 2.28. The molecule has 0 N–H and O–H groups in total. The van der Waals surface area contributed by atoms with E-state index in [4.69, 9.17) is 9.47 Å². The zero-order chi connectivity index (χ0) is 24.1. The third-order valence-corrected chi connectivity index (χ3v) is 8.85. The third kappa shape index (κ3) is 5.72. The van der Waals surface area contributed by atoms with Crippen molar-refractivity contribution in [3.63, 3.8) is 0 Å². The van der Waals surface area contributed by atoms with Crippen molar-refractivity contribution in [3.8, 4) is 0 Å². The van der Waals surface area contributed by atoms with Gasteiger partial charge in [-0.05, 0) is 49.8 Å². The lowest BCUT2D eigenvalue weighted by atomic mass is 9.99. The molecule has 0 bridgehead atoms. The number of likely N-dealkylation sites (tertiary alicyclic amines) is 1. The molecule has 3 aliphatic rings. The number of amides is 1. The number of ether oxygens (including phenoxy) is 2. The van der Waals surface area contributed by atoms with Crippen LogP contribution < -0.4 is 4.90 Å². The van der Waals surface area contributed by atoms with Crippen molar-refractivity contribution >= 4 is 27.6 Å². The Kier molecular flexibility index (Phi) is 8.10. The molecule has 9 nitrogen and oxygen atoms in total. The highest BCUT2D eigenvalue weighted by Gasteiger charge is 2.29. The first-order chi connectivity index (χ1) is 16.4. The van der Waals surface area contributed by atoms with Gasteiger partial charge in [-0.2, -0.15) is 4.31 Å². The van der Waals surface area contributed by atoms with Crippen molar-refractivity contribution in [2.75, 3.05) is 64.0 Å². The lowest BCUT2D eigenvalue weighted by Crippen LogP contribution is -2.40. The van der Waals surface area contributed by atoms with E-state index in [1.165, 1.54) is 10.4 Å². The first-order valence-electron chi connectivity index (χ1n) is 12.3. The first-order valence-corrected chi connectivity index (χ1v) is 13.7. The van der Waals surface area contributed by atoms with Crippen molar-refractivity contribution in [2.24, 2.45) is 5.92 Å². The maximum Gasteiger partial charge on any atom is 0.340 e. The number of benzene rings is 1. The molecule has 4 rings (SSSR count). The van der Waals surface area contributed by atoms with Crippen molar-refractivity contribution in [3.05, 3.63) is 23.8 Å². The maximum absolute atomic E-state index is 13.2. The average Bonchev–Trinajstić information content (AvgIpc) is 2.88. The highest BCUT2D eigenvalue weighted by atomic mass is 32.2. The molecule has 1 aromatic carbocycles. The lowest BCUT2D eigenvalue weighted by Gasteiger charge is -2.31. The Balaban J connectivity index is 1.54. The second kappa shape index (κ2) is 11.0. The molecule has 0 saturated carbocycles. The van der Waals surface area contributed by atoms with Gasteiger partial charge in [-0.25, -0.2) is 13.2 Å². The number of nitrogens with zero attached hydrogens (tertiary/aromatic N) is 3. The number of morpholine rings is 1. The Bertz CT molecular complexity index is 978. The summed E-state index contributed by atoms with van der Waals surface area (Å²) in [4.78, 5) is 29.5. The molecule has 1 amide bonds. The fourth-order valence-corrected chi connectivity index (χ4v) is 6.27. The minimum atomic E-state index is -3.71. The molecule has 34 heavy (non-hydrogen) atoms. The van der Waals surface area contributed by atoms with Gasteiger partial charge < -0.3 is 19.3 Å². The van der Waals surface area contributed by atoms with E-state index >= 15 is 0 Å². The van der Waals surface area contributed by atoms with Crippen LogP contribution in [0, 0.1) is 5.92 Å². The van der Waals surface area contributed by atoms with Crippen LogP contribution in [0.5, 0.6) is 0 Å². The molecule has 0 aliphatic carbocycles. The number of carbonyl (C=O) groups excluding carboxylic acids is 2. The van der Waals surface area contributed by atoms with Gasteiger partial charge in [0.15, 0.2) is 6.61 Å². The minimum absolute atomic E-state index is 0.0784. The second-order valence-electron chi connectivity index (χ2n) is 9.38. The van der Waals surface area contributed by atoms with E-state index in [1.807, 2.05) is 4.90 Å². The van der Waals surface area contributed by atoms with Crippen LogP contribution in [0.3, 0.4) is 0 Å². The summed E-state index contributed by atoms with van der Waals surface area (Å²) in [6.07, 6.45) is 4.56. The molecule has 0 radical (unpaired) electrons. The van der Waals surface area contributed by atoms with Gasteiger partial charge in [0.05, 0.1) is 29.4 Å². The molecule has 0 unspecified atom stereocenters. The summed E-state index contributed by atoms with van der Waals surface area (Å²) < 4.78 is 38.8. The molecule has 3 saturated heterocycles. The van der Waals surface area contributed by atoms with Crippen LogP contribution in [0.2, 0.25) is 0 Å². The number of piperidine rings is 2. The fraction of sp³-hybridized carbons (Fsp3) is 0.667. The quantitative estimate of drug-likeness (QED) is 0.560. The Morgan fingerprint density at radius 2 is 1.68 bits per heavy atom. The Hall–Kier alpha value is -2.17. The topological polar surface area (TPSA) is 96.5 Å². The minimum Gasteiger partial charge on any atom is -0.452 e. The summed E-state index contributed by atoms with van der Waals surface area (Å²) in [6, 6.07) is 4.64. The number of hydrogen-bond acceptors (Lipinski definition) is 7. The molecule has 0 aromatic heterocycles. The fourth-order valence-electron chi connectivity index (χ4n) is 4.73. The largest absolute Gasteiger partial charge is 0.452 e. The van der Waals surface area contributed by atoms with Crippen LogP contribution >= 0.6 is 0 Å². The number of esters is 1. The number of hydrogen-bond donors (Lipinski definition) is 0. The highest BCUT2D eigenvalue weighted by molar-refractivity contribution is 7.89. The van der Waals surface area contributed by atoms with Gasteiger partial charge >= 0.3 is 5.97 Å². The Morgan fingerprint density at radius 3 is 2.35 bits per heavy atom. The van der Waals surface area contributed by atoms with Gasteiger partial charge in [-0.1, -0.05) is 13.3 Å². The zero-order valence-electron chi connectivity index (χ0n) is 19.9. The van der Waals surface area contributed by atoms with Crippen molar-refractivity contribution < 1.29 is 27.5 Å². The molecule has 188 valence electrons. The molecule has 3 aliphatic heterocycles. The summed E-state index contributed by atoms with van der Waals surface area (Å²) in [5.41, 5.74) is 0.769. The number of sulfonamides is 1. The molecule has 1 aromatic rings. The standard InChI is InChI=1S/C24H35N3O6S/c1-19-7-11-26(12-8-19)23(28)18-33-24(29)21-17-20(34(30,31)27-9-3-2-4-10-27)5-6-22(21)25-13-15-32-16-14-25/h5-6,17,19H,2-4,7-16,18H2,1H3. The second-order valence-corrected chi connectivity index (χ2v) is 11.3. The molecule has 10 heteroatoms. The molecule has 0 spiro atoms. The normalized spacial score (nSPS) is 20.9. The zero-order valence-corrected chi connectivity index (χ0v) is 20.7. The molecular formula is C24H35N3O6S. The van der Waals surface area contributed by atoms with Gasteiger partial charge in [-0.15, -0.1) is 0 Å². The van der Waals surface area contributed by atoms with Gasteiger partial charge in [-0.3, -0.25) is 4.79 Å². The third-order valence-electron chi connectivity index (χ3n) is 6.96.